The molecule has 0 saturated carbocycles. The molecule has 2 rings (SSSR count). The van der Waals surface area contributed by atoms with Gasteiger partial charge in [-0.15, -0.1) is 0 Å². The van der Waals surface area contributed by atoms with Gasteiger partial charge in [-0.2, -0.15) is 0 Å². The van der Waals surface area contributed by atoms with Gasteiger partial charge in [-0.05, 0) is 18.6 Å². The number of aliphatic hydroxyl groups is 1. The van der Waals surface area contributed by atoms with Crippen LogP contribution in [0.2, 0.25) is 0 Å². The topological polar surface area (TPSA) is 40.5 Å². The summed E-state index contributed by atoms with van der Waals surface area (Å²) in [7, 11) is 0. The fourth-order valence-corrected chi connectivity index (χ4v) is 2.68. The highest BCUT2D eigenvalue weighted by Gasteiger charge is 2.31. The molecule has 1 fully saturated rings. The quantitative estimate of drug-likeness (QED) is 0.657. The Bertz CT molecular complexity index is 494. The van der Waals surface area contributed by atoms with Crippen LogP contribution in [0.4, 0.5) is 0 Å². The van der Waals surface area contributed by atoms with Gasteiger partial charge in [-0.25, -0.2) is 0 Å². The second-order valence-electron chi connectivity index (χ2n) is 3.66. The molecule has 0 bridgehead atoms. The van der Waals surface area contributed by atoms with E-state index >= 15 is 0 Å². The molecule has 0 unspecified atom stereocenters. The first-order valence-electron chi connectivity index (χ1n) is 5.04. The van der Waals surface area contributed by atoms with E-state index in [2.05, 4.69) is 0 Å². The van der Waals surface area contributed by atoms with E-state index in [4.69, 9.17) is 17.3 Å². The molecule has 0 radical (unpaired) electrons. The number of hydrogen-bond acceptors (Lipinski definition) is 4. The van der Waals surface area contributed by atoms with Crippen LogP contribution in [0.15, 0.2) is 29.2 Å². The van der Waals surface area contributed by atoms with Crippen molar-refractivity contribution in [1.29, 1.82) is 0 Å². The second-order valence-corrected chi connectivity index (χ2v) is 5.34. The van der Waals surface area contributed by atoms with Crippen molar-refractivity contribution in [2.24, 2.45) is 0 Å². The Labute approximate surface area is 109 Å². The van der Waals surface area contributed by atoms with Crippen molar-refractivity contribution in [3.63, 3.8) is 0 Å². The van der Waals surface area contributed by atoms with E-state index in [9.17, 15) is 4.79 Å². The summed E-state index contributed by atoms with van der Waals surface area (Å²) in [6.45, 7) is 1.64. The predicted molar refractivity (Wildman–Crippen MR) is 73.3 cm³/mol. The number of aryl methyl sites for hydroxylation is 1. The number of carbonyl (C=O) groups excluding carboxylic acids is 1. The molecular formula is C12H11NO2S2. The maximum absolute atomic E-state index is 11.8. The van der Waals surface area contributed by atoms with Crippen LogP contribution in [0.3, 0.4) is 0 Å². The first kappa shape index (κ1) is 12.3. The Morgan fingerprint density at radius 2 is 2.06 bits per heavy atom. The molecule has 88 valence electrons. The van der Waals surface area contributed by atoms with Crippen LogP contribution in [0.25, 0.3) is 6.08 Å². The zero-order chi connectivity index (χ0) is 12.4. The van der Waals surface area contributed by atoms with Crippen LogP contribution in [0, 0.1) is 6.92 Å². The van der Waals surface area contributed by atoms with Crippen molar-refractivity contribution in [1.82, 2.24) is 4.90 Å². The zero-order valence-electron chi connectivity index (χ0n) is 9.21. The molecule has 1 aromatic carbocycles. The van der Waals surface area contributed by atoms with Crippen molar-refractivity contribution in [3.8, 4) is 0 Å². The molecular weight excluding hydrogens is 254 g/mol. The first-order chi connectivity index (χ1) is 8.11. The number of thioether (sulfide) groups is 1. The summed E-state index contributed by atoms with van der Waals surface area (Å²) in [5.41, 5.74) is 2.12. The maximum Gasteiger partial charge on any atom is 0.268 e. The highest BCUT2D eigenvalue weighted by Crippen LogP contribution is 2.31. The van der Waals surface area contributed by atoms with Crippen molar-refractivity contribution in [2.45, 2.75) is 6.92 Å². The van der Waals surface area contributed by atoms with Gasteiger partial charge in [0.15, 0.2) is 0 Å². The highest BCUT2D eigenvalue weighted by molar-refractivity contribution is 8.26. The van der Waals surface area contributed by atoms with E-state index in [0.29, 0.717) is 9.23 Å². The average Bonchev–Trinajstić information content (AvgIpc) is 2.57. The number of carbonyl (C=O) groups is 1. The van der Waals surface area contributed by atoms with Gasteiger partial charge < -0.3 is 5.11 Å². The van der Waals surface area contributed by atoms with Crippen LogP contribution in [0.1, 0.15) is 11.1 Å². The molecule has 5 heteroatoms. The lowest BCUT2D eigenvalue weighted by Crippen LogP contribution is -2.28. The Kier molecular flexibility index (Phi) is 3.61. The van der Waals surface area contributed by atoms with E-state index in [1.54, 1.807) is 6.08 Å². The minimum atomic E-state index is -0.365. The van der Waals surface area contributed by atoms with Gasteiger partial charge in [0, 0.05) is 0 Å². The van der Waals surface area contributed by atoms with Crippen LogP contribution in [0.5, 0.6) is 0 Å². The maximum atomic E-state index is 11.8. The molecule has 1 saturated heterocycles. The van der Waals surface area contributed by atoms with Crippen LogP contribution in [-0.4, -0.2) is 27.0 Å². The highest BCUT2D eigenvalue weighted by atomic mass is 32.2. The number of rotatable bonds is 2. The van der Waals surface area contributed by atoms with Crippen LogP contribution >= 0.6 is 24.0 Å². The lowest BCUT2D eigenvalue weighted by atomic mass is 10.1. The smallest absolute Gasteiger partial charge is 0.268 e. The molecule has 1 aliphatic heterocycles. The third-order valence-corrected chi connectivity index (χ3v) is 3.77. The van der Waals surface area contributed by atoms with E-state index in [1.165, 1.54) is 22.2 Å². The Morgan fingerprint density at radius 1 is 1.41 bits per heavy atom. The lowest BCUT2D eigenvalue weighted by molar-refractivity contribution is -0.124. The Balaban J connectivity index is 2.27. The number of nitrogens with zero attached hydrogens (tertiary/aromatic N) is 1. The molecule has 0 aliphatic carbocycles. The van der Waals surface area contributed by atoms with Gasteiger partial charge in [-0.1, -0.05) is 53.8 Å². The number of aliphatic hydroxyl groups excluding tert-OH is 1. The monoisotopic (exact) mass is 265 g/mol. The van der Waals surface area contributed by atoms with Crippen LogP contribution in [-0.2, 0) is 4.79 Å². The molecule has 0 aromatic heterocycles. The SMILES string of the molecule is Cc1ccc(/C=C2/SC(=S)N(CO)C2=O)cc1. The molecule has 1 aliphatic rings. The van der Waals surface area contributed by atoms with Crippen molar-refractivity contribution < 1.29 is 9.90 Å². The summed E-state index contributed by atoms with van der Waals surface area (Å²) in [6, 6.07) is 7.86. The normalized spacial score (nSPS) is 18.2. The van der Waals surface area contributed by atoms with Crippen molar-refractivity contribution >= 4 is 40.3 Å². The zero-order valence-corrected chi connectivity index (χ0v) is 10.8. The molecule has 3 nitrogen and oxygen atoms in total. The number of hydrogen-bond donors (Lipinski definition) is 1. The Morgan fingerprint density at radius 3 is 2.59 bits per heavy atom. The molecule has 1 heterocycles. The van der Waals surface area contributed by atoms with Gasteiger partial charge in [0.2, 0.25) is 0 Å². The largest absolute Gasteiger partial charge is 0.376 e. The Hall–Kier alpha value is -1.17. The third-order valence-electron chi connectivity index (χ3n) is 2.39. The van der Waals surface area contributed by atoms with Gasteiger partial charge in [0.25, 0.3) is 5.91 Å². The summed E-state index contributed by atoms with van der Waals surface area (Å²) >= 11 is 6.21. The van der Waals surface area contributed by atoms with Crippen LogP contribution < -0.4 is 0 Å². The number of amides is 1. The molecule has 1 aromatic rings. The molecule has 0 spiro atoms. The minimum Gasteiger partial charge on any atom is -0.376 e. The molecule has 1 N–H and O–H groups in total. The van der Waals surface area contributed by atoms with Gasteiger partial charge in [-0.3, -0.25) is 9.69 Å². The van der Waals surface area contributed by atoms with Gasteiger partial charge in [0.1, 0.15) is 11.1 Å². The van der Waals surface area contributed by atoms with Crippen molar-refractivity contribution in [3.05, 3.63) is 40.3 Å². The lowest BCUT2D eigenvalue weighted by Gasteiger charge is -2.08. The minimum absolute atomic E-state index is 0.233. The first-order valence-corrected chi connectivity index (χ1v) is 6.27. The summed E-state index contributed by atoms with van der Waals surface area (Å²) in [4.78, 5) is 13.5. The summed E-state index contributed by atoms with van der Waals surface area (Å²) in [5, 5.41) is 9.00. The van der Waals surface area contributed by atoms with E-state index < -0.39 is 0 Å². The summed E-state index contributed by atoms with van der Waals surface area (Å²) in [6.07, 6.45) is 1.79. The summed E-state index contributed by atoms with van der Waals surface area (Å²) < 4.78 is 0.399. The average molecular weight is 265 g/mol. The summed E-state index contributed by atoms with van der Waals surface area (Å²) in [5.74, 6) is -0.233. The van der Waals surface area contributed by atoms with E-state index in [0.717, 1.165) is 5.56 Å². The van der Waals surface area contributed by atoms with E-state index in [-0.39, 0.29) is 12.6 Å². The van der Waals surface area contributed by atoms with Crippen molar-refractivity contribution in [2.75, 3.05) is 6.73 Å². The fraction of sp³-hybridized carbons (Fsp3) is 0.167. The molecule has 0 atom stereocenters. The standard InChI is InChI=1S/C12H11NO2S2/c1-8-2-4-9(5-3-8)6-10-11(15)13(7-14)12(16)17-10/h2-6,14H,7H2,1H3/b10-6+. The van der Waals surface area contributed by atoms with E-state index in [1.807, 2.05) is 31.2 Å². The fourth-order valence-electron chi connectivity index (χ4n) is 1.44. The third kappa shape index (κ3) is 2.57. The number of thiocarbonyl (C=S) groups is 1. The van der Waals surface area contributed by atoms with Gasteiger partial charge >= 0.3 is 0 Å². The van der Waals surface area contributed by atoms with Gasteiger partial charge in [0.05, 0.1) is 4.91 Å². The molecule has 1 amide bonds. The second kappa shape index (κ2) is 5.00. The number of benzene rings is 1. The predicted octanol–water partition coefficient (Wildman–Crippen LogP) is 2.15. The molecule has 17 heavy (non-hydrogen) atoms.